The summed E-state index contributed by atoms with van der Waals surface area (Å²) in [4.78, 5) is 0. The highest BCUT2D eigenvalue weighted by Gasteiger charge is 2.13. The average molecular weight is 278 g/mol. The molecule has 0 radical (unpaired) electrons. The molecule has 0 atom stereocenters. The summed E-state index contributed by atoms with van der Waals surface area (Å²) >= 11 is 0. The van der Waals surface area contributed by atoms with Gasteiger partial charge in [-0.25, -0.2) is 8.78 Å². The largest absolute Gasteiger partial charge is 0.399 e. The van der Waals surface area contributed by atoms with Gasteiger partial charge in [0.15, 0.2) is 0 Å². The van der Waals surface area contributed by atoms with Crippen LogP contribution in [0.5, 0.6) is 0 Å². The number of nitrogens with one attached hydrogen (secondary N) is 1. The van der Waals surface area contributed by atoms with E-state index in [9.17, 15) is 8.78 Å². The van der Waals surface area contributed by atoms with Crippen molar-refractivity contribution < 1.29 is 13.9 Å². The highest BCUT2D eigenvalue weighted by atomic mass is 19.3. The fourth-order valence-electron chi connectivity index (χ4n) is 1.88. The van der Waals surface area contributed by atoms with Crippen LogP contribution in [-0.4, -0.2) is 5.11 Å². The van der Waals surface area contributed by atoms with E-state index in [4.69, 9.17) is 10.8 Å². The van der Waals surface area contributed by atoms with E-state index < -0.39 is 6.43 Å². The van der Waals surface area contributed by atoms with Gasteiger partial charge in [-0.3, -0.25) is 0 Å². The Morgan fingerprint density at radius 2 is 1.70 bits per heavy atom. The Balaban J connectivity index is 2.10. The number of aliphatic hydroxyl groups excluding tert-OH is 1. The van der Waals surface area contributed by atoms with Gasteiger partial charge in [-0.05, 0) is 29.3 Å². The van der Waals surface area contributed by atoms with Crippen LogP contribution < -0.4 is 11.1 Å². The van der Waals surface area contributed by atoms with Crippen molar-refractivity contribution in [2.45, 2.75) is 19.6 Å². The fourth-order valence-corrected chi connectivity index (χ4v) is 1.88. The first-order valence-corrected chi connectivity index (χ1v) is 6.20. The Bertz CT molecular complexity index is 571. The summed E-state index contributed by atoms with van der Waals surface area (Å²) in [5.41, 5.74) is 7.87. The zero-order valence-electron chi connectivity index (χ0n) is 10.8. The van der Waals surface area contributed by atoms with Crippen molar-refractivity contribution in [2.75, 3.05) is 11.1 Å². The second kappa shape index (κ2) is 6.34. The van der Waals surface area contributed by atoms with E-state index in [1.54, 1.807) is 24.3 Å². The number of benzene rings is 2. The van der Waals surface area contributed by atoms with Crippen LogP contribution in [0, 0.1) is 0 Å². The maximum Gasteiger partial charge on any atom is 0.265 e. The van der Waals surface area contributed by atoms with Gasteiger partial charge in [0.05, 0.1) is 6.61 Å². The minimum atomic E-state index is -2.57. The number of rotatable bonds is 5. The number of anilines is 2. The lowest BCUT2D eigenvalue weighted by atomic mass is 10.1. The summed E-state index contributed by atoms with van der Waals surface area (Å²) < 4.78 is 25.8. The molecule has 0 unspecified atom stereocenters. The molecule has 0 aliphatic rings. The van der Waals surface area contributed by atoms with E-state index in [0.29, 0.717) is 17.9 Å². The van der Waals surface area contributed by atoms with Crippen LogP contribution in [0.1, 0.15) is 23.1 Å². The predicted octanol–water partition coefficient (Wildman–Crippen LogP) is 3.31. The van der Waals surface area contributed by atoms with Crippen molar-refractivity contribution in [3.8, 4) is 0 Å². The number of nitrogens with two attached hydrogens (primary N) is 1. The van der Waals surface area contributed by atoms with Crippen LogP contribution in [-0.2, 0) is 13.2 Å². The molecule has 0 bridgehead atoms. The van der Waals surface area contributed by atoms with E-state index in [0.717, 1.165) is 11.1 Å². The molecular formula is C15H16F2N2O. The second-order valence-electron chi connectivity index (χ2n) is 4.48. The number of hydrogen-bond acceptors (Lipinski definition) is 3. The lowest BCUT2D eigenvalue weighted by Gasteiger charge is -2.12. The molecule has 0 heterocycles. The number of halogens is 2. The number of aliphatic hydroxyl groups is 1. The van der Waals surface area contributed by atoms with Crippen LogP contribution >= 0.6 is 0 Å². The van der Waals surface area contributed by atoms with Crippen LogP contribution in [0.2, 0.25) is 0 Å². The Morgan fingerprint density at radius 1 is 1.05 bits per heavy atom. The van der Waals surface area contributed by atoms with Gasteiger partial charge in [-0.1, -0.05) is 24.3 Å². The summed E-state index contributed by atoms with van der Waals surface area (Å²) in [5, 5.41) is 11.9. The zero-order valence-corrected chi connectivity index (χ0v) is 10.8. The SMILES string of the molecule is Nc1ccc(NCc2ccc(CO)cc2)c(C(F)F)c1. The third-order valence-corrected chi connectivity index (χ3v) is 3.00. The smallest absolute Gasteiger partial charge is 0.265 e. The molecule has 4 N–H and O–H groups in total. The van der Waals surface area contributed by atoms with Crippen LogP contribution in [0.15, 0.2) is 42.5 Å². The molecule has 3 nitrogen and oxygen atoms in total. The lowest BCUT2D eigenvalue weighted by Crippen LogP contribution is -2.03. The Morgan fingerprint density at radius 3 is 2.30 bits per heavy atom. The summed E-state index contributed by atoms with van der Waals surface area (Å²) in [6.07, 6.45) is -2.57. The van der Waals surface area contributed by atoms with Crippen molar-refractivity contribution in [1.29, 1.82) is 0 Å². The predicted molar refractivity (Wildman–Crippen MR) is 75.5 cm³/mol. The van der Waals surface area contributed by atoms with E-state index in [2.05, 4.69) is 5.32 Å². The van der Waals surface area contributed by atoms with Gasteiger partial charge in [0.1, 0.15) is 0 Å². The Hall–Kier alpha value is -2.14. The summed E-state index contributed by atoms with van der Waals surface area (Å²) in [7, 11) is 0. The molecule has 0 aliphatic carbocycles. The lowest BCUT2D eigenvalue weighted by molar-refractivity contribution is 0.152. The summed E-state index contributed by atoms with van der Waals surface area (Å²) in [6.45, 7) is 0.413. The molecule has 0 amide bonds. The zero-order chi connectivity index (χ0) is 14.5. The number of nitrogen functional groups attached to an aromatic ring is 1. The molecular weight excluding hydrogens is 262 g/mol. The van der Waals surface area contributed by atoms with E-state index in [1.807, 2.05) is 12.1 Å². The average Bonchev–Trinajstić information content (AvgIpc) is 2.46. The first-order valence-electron chi connectivity index (χ1n) is 6.20. The Kier molecular flexibility index (Phi) is 4.53. The number of alkyl halides is 2. The van der Waals surface area contributed by atoms with Crippen molar-refractivity contribution in [3.05, 3.63) is 59.2 Å². The van der Waals surface area contributed by atoms with Crippen molar-refractivity contribution in [3.63, 3.8) is 0 Å². The van der Waals surface area contributed by atoms with Gasteiger partial charge in [-0.2, -0.15) is 0 Å². The maximum absolute atomic E-state index is 12.9. The van der Waals surface area contributed by atoms with Gasteiger partial charge in [-0.15, -0.1) is 0 Å². The van der Waals surface area contributed by atoms with Gasteiger partial charge in [0.25, 0.3) is 6.43 Å². The highest BCUT2D eigenvalue weighted by molar-refractivity contribution is 5.58. The van der Waals surface area contributed by atoms with Gasteiger partial charge in [0.2, 0.25) is 0 Å². The molecule has 0 saturated heterocycles. The minimum Gasteiger partial charge on any atom is -0.399 e. The van der Waals surface area contributed by atoms with Crippen LogP contribution in [0.3, 0.4) is 0 Å². The molecule has 106 valence electrons. The molecule has 0 aliphatic heterocycles. The van der Waals surface area contributed by atoms with E-state index in [-0.39, 0.29) is 12.2 Å². The van der Waals surface area contributed by atoms with Gasteiger partial charge >= 0.3 is 0 Å². The van der Waals surface area contributed by atoms with Crippen molar-refractivity contribution in [1.82, 2.24) is 0 Å². The summed E-state index contributed by atoms with van der Waals surface area (Å²) in [5.74, 6) is 0. The molecule has 20 heavy (non-hydrogen) atoms. The third kappa shape index (κ3) is 3.45. The number of hydrogen-bond donors (Lipinski definition) is 3. The fraction of sp³-hybridized carbons (Fsp3) is 0.200. The monoisotopic (exact) mass is 278 g/mol. The second-order valence-corrected chi connectivity index (χ2v) is 4.48. The molecule has 2 aromatic rings. The van der Waals surface area contributed by atoms with Gasteiger partial charge < -0.3 is 16.2 Å². The van der Waals surface area contributed by atoms with E-state index in [1.165, 1.54) is 6.07 Å². The van der Waals surface area contributed by atoms with Crippen LogP contribution in [0.25, 0.3) is 0 Å². The summed E-state index contributed by atoms with van der Waals surface area (Å²) in [6, 6.07) is 11.7. The Labute approximate surface area is 116 Å². The molecule has 0 spiro atoms. The quantitative estimate of drug-likeness (QED) is 0.735. The molecule has 5 heteroatoms. The molecule has 2 aromatic carbocycles. The molecule has 2 rings (SSSR count). The normalized spacial score (nSPS) is 10.8. The van der Waals surface area contributed by atoms with E-state index >= 15 is 0 Å². The van der Waals surface area contributed by atoms with Crippen LogP contribution in [0.4, 0.5) is 20.2 Å². The third-order valence-electron chi connectivity index (χ3n) is 3.00. The van der Waals surface area contributed by atoms with Crippen molar-refractivity contribution >= 4 is 11.4 Å². The molecule has 0 fully saturated rings. The van der Waals surface area contributed by atoms with Gasteiger partial charge in [0, 0.05) is 23.5 Å². The topological polar surface area (TPSA) is 58.3 Å². The molecule has 0 saturated carbocycles. The maximum atomic E-state index is 12.9. The minimum absolute atomic E-state index is 0.0127. The van der Waals surface area contributed by atoms with Crippen molar-refractivity contribution in [2.24, 2.45) is 0 Å². The standard InChI is InChI=1S/C15H16F2N2O/c16-15(17)13-7-12(18)5-6-14(13)19-8-10-1-3-11(9-20)4-2-10/h1-7,15,19-20H,8-9,18H2. The first kappa shape index (κ1) is 14.3. The highest BCUT2D eigenvalue weighted by Crippen LogP contribution is 2.29. The first-order chi connectivity index (χ1) is 9.60. The molecule has 0 aromatic heterocycles.